The van der Waals surface area contributed by atoms with Crippen molar-refractivity contribution in [3.8, 4) is 5.75 Å². The molecule has 25 heavy (non-hydrogen) atoms. The Labute approximate surface area is 149 Å². The van der Waals surface area contributed by atoms with Crippen LogP contribution >= 0.6 is 0 Å². The molecule has 3 nitrogen and oxygen atoms in total. The monoisotopic (exact) mass is 338 g/mol. The zero-order chi connectivity index (χ0) is 18.1. The van der Waals surface area contributed by atoms with Gasteiger partial charge in [-0.3, -0.25) is 0 Å². The van der Waals surface area contributed by atoms with Gasteiger partial charge in [0.2, 0.25) is 0 Å². The number of benzene rings is 2. The van der Waals surface area contributed by atoms with Gasteiger partial charge in [0.15, 0.2) is 0 Å². The molecule has 0 aliphatic carbocycles. The van der Waals surface area contributed by atoms with E-state index >= 15 is 0 Å². The van der Waals surface area contributed by atoms with Gasteiger partial charge >= 0.3 is 0 Å². The third-order valence-electron chi connectivity index (χ3n) is 4.10. The van der Waals surface area contributed by atoms with E-state index in [1.54, 1.807) is 24.3 Å². The van der Waals surface area contributed by atoms with Crippen LogP contribution in [0, 0.1) is 0 Å². The summed E-state index contributed by atoms with van der Waals surface area (Å²) in [7, 11) is 0. The SMILES string of the molecule is CCCC(=C=CC[C@@H](O)c1ccc(O)cc1)C[C@@H](O)c1ccccc1. The summed E-state index contributed by atoms with van der Waals surface area (Å²) in [6, 6.07) is 16.2. The molecule has 0 radical (unpaired) electrons. The Morgan fingerprint density at radius 2 is 1.60 bits per heavy atom. The first kappa shape index (κ1) is 19.0. The number of rotatable bonds is 8. The van der Waals surface area contributed by atoms with Crippen LogP contribution in [-0.4, -0.2) is 15.3 Å². The highest BCUT2D eigenvalue weighted by Gasteiger charge is 2.09. The first-order valence-electron chi connectivity index (χ1n) is 8.73. The number of aliphatic hydroxyl groups excluding tert-OH is 2. The molecule has 0 heterocycles. The average molecular weight is 338 g/mol. The average Bonchev–Trinajstić information content (AvgIpc) is 2.63. The predicted octanol–water partition coefficient (Wildman–Crippen LogP) is 4.82. The van der Waals surface area contributed by atoms with Gasteiger partial charge in [0.25, 0.3) is 0 Å². The van der Waals surface area contributed by atoms with Crippen molar-refractivity contribution in [2.45, 2.75) is 44.8 Å². The molecule has 0 saturated carbocycles. The zero-order valence-corrected chi connectivity index (χ0v) is 14.6. The summed E-state index contributed by atoms with van der Waals surface area (Å²) in [5.74, 6) is 0.187. The van der Waals surface area contributed by atoms with Crippen molar-refractivity contribution in [1.29, 1.82) is 0 Å². The molecule has 0 aliphatic heterocycles. The first-order valence-corrected chi connectivity index (χ1v) is 8.73. The molecule has 0 spiro atoms. The molecular formula is C22H26O3. The topological polar surface area (TPSA) is 60.7 Å². The van der Waals surface area contributed by atoms with Gasteiger partial charge in [0.1, 0.15) is 5.75 Å². The van der Waals surface area contributed by atoms with Crippen LogP contribution in [0.15, 0.2) is 72.0 Å². The van der Waals surface area contributed by atoms with E-state index in [1.807, 2.05) is 36.4 Å². The number of hydrogen-bond donors (Lipinski definition) is 3. The van der Waals surface area contributed by atoms with E-state index in [0.717, 1.165) is 29.5 Å². The second kappa shape index (κ2) is 9.85. The standard InChI is InChI=1S/C22H26O3/c1-2-7-17(16-22(25)18-9-4-3-5-10-18)8-6-11-21(24)19-12-14-20(23)15-13-19/h3-6,9-10,12-15,21-25H,2,7,11,16H2,1H3/t8?,21-,22-/m1/s1. The predicted molar refractivity (Wildman–Crippen MR) is 100 cm³/mol. The summed E-state index contributed by atoms with van der Waals surface area (Å²) in [5, 5.41) is 29.9. The number of phenolic OH excluding ortho intramolecular Hbond substituents is 1. The fourth-order valence-corrected chi connectivity index (χ4v) is 2.71. The van der Waals surface area contributed by atoms with Crippen LogP contribution in [0.5, 0.6) is 5.75 Å². The van der Waals surface area contributed by atoms with E-state index < -0.39 is 12.2 Å². The van der Waals surface area contributed by atoms with Gasteiger partial charge in [-0.2, -0.15) is 0 Å². The second-order valence-electron chi connectivity index (χ2n) is 6.18. The van der Waals surface area contributed by atoms with Crippen LogP contribution in [0.25, 0.3) is 0 Å². The minimum Gasteiger partial charge on any atom is -0.508 e. The molecule has 0 amide bonds. The Bertz CT molecular complexity index is 698. The van der Waals surface area contributed by atoms with Gasteiger partial charge in [-0.25, -0.2) is 0 Å². The number of hydrogen-bond acceptors (Lipinski definition) is 3. The van der Waals surface area contributed by atoms with Gasteiger partial charge in [-0.05, 0) is 41.3 Å². The van der Waals surface area contributed by atoms with Gasteiger partial charge in [0, 0.05) is 12.8 Å². The molecule has 0 fully saturated rings. The van der Waals surface area contributed by atoms with Crippen LogP contribution in [0.1, 0.15) is 55.9 Å². The summed E-state index contributed by atoms with van der Waals surface area (Å²) < 4.78 is 0. The lowest BCUT2D eigenvalue weighted by Gasteiger charge is -2.12. The Balaban J connectivity index is 2.02. The van der Waals surface area contributed by atoms with E-state index in [0.29, 0.717) is 12.8 Å². The molecule has 2 aromatic rings. The molecule has 3 heteroatoms. The number of aromatic hydroxyl groups is 1. The maximum atomic E-state index is 10.4. The summed E-state index contributed by atoms with van der Waals surface area (Å²) in [6.45, 7) is 2.10. The van der Waals surface area contributed by atoms with Crippen molar-refractivity contribution in [3.05, 3.63) is 83.1 Å². The minimum absolute atomic E-state index is 0.187. The second-order valence-corrected chi connectivity index (χ2v) is 6.18. The third kappa shape index (κ3) is 6.24. The van der Waals surface area contributed by atoms with Crippen LogP contribution in [0.2, 0.25) is 0 Å². The van der Waals surface area contributed by atoms with Crippen molar-refractivity contribution in [2.75, 3.05) is 0 Å². The van der Waals surface area contributed by atoms with E-state index in [2.05, 4.69) is 12.7 Å². The minimum atomic E-state index is -0.630. The normalized spacial score (nSPS) is 12.9. The Morgan fingerprint density at radius 1 is 0.960 bits per heavy atom. The molecule has 132 valence electrons. The highest BCUT2D eigenvalue weighted by atomic mass is 16.3. The van der Waals surface area contributed by atoms with Gasteiger partial charge in [0.05, 0.1) is 12.2 Å². The van der Waals surface area contributed by atoms with Gasteiger partial charge in [-0.15, -0.1) is 5.73 Å². The fourth-order valence-electron chi connectivity index (χ4n) is 2.71. The van der Waals surface area contributed by atoms with Gasteiger partial charge < -0.3 is 15.3 Å². The summed E-state index contributed by atoms with van der Waals surface area (Å²) >= 11 is 0. The summed E-state index contributed by atoms with van der Waals surface area (Å²) in [4.78, 5) is 0. The number of phenols is 1. The molecule has 0 aliphatic rings. The van der Waals surface area contributed by atoms with Crippen molar-refractivity contribution >= 4 is 0 Å². The molecule has 0 saturated heterocycles. The summed E-state index contributed by atoms with van der Waals surface area (Å²) in [5.41, 5.74) is 5.97. The van der Waals surface area contributed by atoms with Crippen molar-refractivity contribution in [1.82, 2.24) is 0 Å². The lowest BCUT2D eigenvalue weighted by Crippen LogP contribution is -1.99. The smallest absolute Gasteiger partial charge is 0.115 e. The van der Waals surface area contributed by atoms with Crippen LogP contribution < -0.4 is 0 Å². The van der Waals surface area contributed by atoms with Crippen molar-refractivity contribution < 1.29 is 15.3 Å². The fraction of sp³-hybridized carbons (Fsp3) is 0.318. The van der Waals surface area contributed by atoms with E-state index in [1.165, 1.54) is 0 Å². The molecule has 2 aromatic carbocycles. The molecule has 3 N–H and O–H groups in total. The molecule has 0 aromatic heterocycles. The van der Waals surface area contributed by atoms with E-state index in [-0.39, 0.29) is 5.75 Å². The lowest BCUT2D eigenvalue weighted by molar-refractivity contribution is 0.177. The Hall–Kier alpha value is -2.32. The maximum Gasteiger partial charge on any atom is 0.115 e. The zero-order valence-electron chi connectivity index (χ0n) is 14.6. The maximum absolute atomic E-state index is 10.4. The first-order chi connectivity index (χ1) is 12.1. The Morgan fingerprint density at radius 3 is 2.24 bits per heavy atom. The highest BCUT2D eigenvalue weighted by molar-refractivity contribution is 5.27. The lowest BCUT2D eigenvalue weighted by atomic mass is 9.99. The number of aliphatic hydroxyl groups is 2. The van der Waals surface area contributed by atoms with E-state index in [9.17, 15) is 15.3 Å². The Kier molecular flexibility index (Phi) is 7.49. The van der Waals surface area contributed by atoms with Crippen LogP contribution in [0.4, 0.5) is 0 Å². The van der Waals surface area contributed by atoms with Crippen LogP contribution in [0.3, 0.4) is 0 Å². The molecule has 0 bridgehead atoms. The van der Waals surface area contributed by atoms with E-state index in [4.69, 9.17) is 0 Å². The molecule has 2 rings (SSSR count). The third-order valence-corrected chi connectivity index (χ3v) is 4.10. The molecule has 0 unspecified atom stereocenters. The largest absolute Gasteiger partial charge is 0.508 e. The van der Waals surface area contributed by atoms with Crippen molar-refractivity contribution in [3.63, 3.8) is 0 Å². The van der Waals surface area contributed by atoms with Crippen molar-refractivity contribution in [2.24, 2.45) is 0 Å². The van der Waals surface area contributed by atoms with Crippen LogP contribution in [-0.2, 0) is 0 Å². The molecule has 2 atom stereocenters. The highest BCUT2D eigenvalue weighted by Crippen LogP contribution is 2.23. The van der Waals surface area contributed by atoms with Gasteiger partial charge in [-0.1, -0.05) is 55.8 Å². The quantitative estimate of drug-likeness (QED) is 0.605. The molecular weight excluding hydrogens is 312 g/mol. The summed E-state index contributed by atoms with van der Waals surface area (Å²) in [6.07, 6.45) is 3.51.